The molecule has 2 heterocycles. The van der Waals surface area contributed by atoms with Crippen LogP contribution in [-0.4, -0.2) is 22.1 Å². The van der Waals surface area contributed by atoms with Gasteiger partial charge in [0.25, 0.3) is 0 Å². The van der Waals surface area contributed by atoms with Crippen molar-refractivity contribution in [3.63, 3.8) is 0 Å². The van der Waals surface area contributed by atoms with Gasteiger partial charge >= 0.3 is 5.97 Å². The van der Waals surface area contributed by atoms with Crippen LogP contribution in [0.25, 0.3) is 10.9 Å². The number of hydrogen-bond donors (Lipinski definition) is 0. The van der Waals surface area contributed by atoms with E-state index in [-0.39, 0.29) is 5.82 Å². The maximum atomic E-state index is 13.5. The molecule has 0 saturated heterocycles. The third kappa shape index (κ3) is 2.95. The lowest BCUT2D eigenvalue weighted by atomic mass is 10.1. The highest BCUT2D eigenvalue weighted by molar-refractivity contribution is 5.95. The van der Waals surface area contributed by atoms with Gasteiger partial charge in [-0.15, -0.1) is 0 Å². The number of esters is 1. The molecule has 0 atom stereocenters. The van der Waals surface area contributed by atoms with E-state index >= 15 is 0 Å². The van der Waals surface area contributed by atoms with Gasteiger partial charge in [0.15, 0.2) is 0 Å². The third-order valence-electron chi connectivity index (χ3n) is 3.81. The Morgan fingerprint density at radius 1 is 1.30 bits per heavy atom. The zero-order valence-corrected chi connectivity index (χ0v) is 13.0. The number of halogens is 1. The first-order valence-corrected chi connectivity index (χ1v) is 7.45. The second-order valence-electron chi connectivity index (χ2n) is 5.34. The molecule has 0 saturated carbocycles. The molecule has 3 rings (SSSR count). The van der Waals surface area contributed by atoms with E-state index in [0.717, 1.165) is 16.6 Å². The molecule has 0 fully saturated rings. The van der Waals surface area contributed by atoms with E-state index in [4.69, 9.17) is 4.74 Å². The van der Waals surface area contributed by atoms with Crippen molar-refractivity contribution in [1.82, 2.24) is 9.55 Å². The van der Waals surface area contributed by atoms with Crippen LogP contribution in [0.3, 0.4) is 0 Å². The number of aryl methyl sites for hydroxylation is 1. The van der Waals surface area contributed by atoms with E-state index in [2.05, 4.69) is 4.98 Å². The predicted octanol–water partition coefficient (Wildman–Crippen LogP) is 3.71. The minimum Gasteiger partial charge on any atom is -0.461 e. The summed E-state index contributed by atoms with van der Waals surface area (Å²) in [5, 5.41) is 0.680. The number of aromatic nitrogens is 2. The van der Waals surface area contributed by atoms with Crippen molar-refractivity contribution < 1.29 is 13.9 Å². The van der Waals surface area contributed by atoms with Gasteiger partial charge in [-0.1, -0.05) is 0 Å². The fraction of sp³-hybridized carbons (Fsp3) is 0.222. The summed E-state index contributed by atoms with van der Waals surface area (Å²) in [7, 11) is 0. The van der Waals surface area contributed by atoms with E-state index in [1.54, 1.807) is 31.5 Å². The van der Waals surface area contributed by atoms with Crippen LogP contribution in [0.1, 0.15) is 28.5 Å². The van der Waals surface area contributed by atoms with Gasteiger partial charge in [-0.05, 0) is 55.3 Å². The molecule has 0 radical (unpaired) electrons. The van der Waals surface area contributed by atoms with Gasteiger partial charge in [0.2, 0.25) is 0 Å². The Labute approximate surface area is 133 Å². The number of carbonyl (C=O) groups excluding carboxylic acids is 1. The minimum absolute atomic E-state index is 0.295. The zero-order valence-electron chi connectivity index (χ0n) is 13.0. The predicted molar refractivity (Wildman–Crippen MR) is 85.9 cm³/mol. The average molecular weight is 312 g/mol. The summed E-state index contributed by atoms with van der Waals surface area (Å²) < 4.78 is 20.5. The van der Waals surface area contributed by atoms with Crippen molar-refractivity contribution in [2.24, 2.45) is 0 Å². The molecule has 2 aromatic heterocycles. The van der Waals surface area contributed by atoms with Gasteiger partial charge in [-0.2, -0.15) is 0 Å². The highest BCUT2D eigenvalue weighted by atomic mass is 19.1. The Morgan fingerprint density at radius 3 is 2.87 bits per heavy atom. The van der Waals surface area contributed by atoms with Crippen LogP contribution in [0.4, 0.5) is 4.39 Å². The SMILES string of the molecule is CCOC(=O)c1cc2cc(F)ccc2n1Cc1ccncc1C. The van der Waals surface area contributed by atoms with E-state index in [1.165, 1.54) is 12.1 Å². The number of benzene rings is 1. The molecule has 5 heteroatoms. The summed E-state index contributed by atoms with van der Waals surface area (Å²) in [6, 6.07) is 8.09. The van der Waals surface area contributed by atoms with E-state index < -0.39 is 5.97 Å². The molecule has 0 aliphatic heterocycles. The van der Waals surface area contributed by atoms with E-state index in [9.17, 15) is 9.18 Å². The number of ether oxygens (including phenoxy) is 1. The van der Waals surface area contributed by atoms with Crippen molar-refractivity contribution in [2.45, 2.75) is 20.4 Å². The molecule has 118 valence electrons. The Kier molecular flexibility index (Phi) is 4.10. The molecule has 0 bridgehead atoms. The molecule has 0 amide bonds. The van der Waals surface area contributed by atoms with E-state index in [1.807, 2.05) is 17.6 Å². The normalized spacial score (nSPS) is 10.9. The number of fused-ring (bicyclic) bond motifs is 1. The van der Waals surface area contributed by atoms with Gasteiger partial charge in [-0.25, -0.2) is 9.18 Å². The quantitative estimate of drug-likeness (QED) is 0.690. The maximum Gasteiger partial charge on any atom is 0.354 e. The van der Waals surface area contributed by atoms with E-state index in [0.29, 0.717) is 24.2 Å². The molecule has 0 N–H and O–H groups in total. The smallest absolute Gasteiger partial charge is 0.354 e. The Balaban J connectivity index is 2.14. The van der Waals surface area contributed by atoms with Gasteiger partial charge in [0.1, 0.15) is 11.5 Å². The number of carbonyl (C=O) groups is 1. The highest BCUT2D eigenvalue weighted by Gasteiger charge is 2.17. The topological polar surface area (TPSA) is 44.1 Å². The lowest BCUT2D eigenvalue weighted by molar-refractivity contribution is 0.0515. The molecule has 23 heavy (non-hydrogen) atoms. The van der Waals surface area contributed by atoms with Crippen molar-refractivity contribution in [1.29, 1.82) is 0 Å². The minimum atomic E-state index is -0.407. The molecule has 3 aromatic rings. The lowest BCUT2D eigenvalue weighted by Gasteiger charge is -2.12. The third-order valence-corrected chi connectivity index (χ3v) is 3.81. The second kappa shape index (κ2) is 6.20. The van der Waals surface area contributed by atoms with Crippen LogP contribution in [0.5, 0.6) is 0 Å². The molecular formula is C18H17FN2O2. The monoisotopic (exact) mass is 312 g/mol. The van der Waals surface area contributed by atoms with Crippen LogP contribution >= 0.6 is 0 Å². The van der Waals surface area contributed by atoms with Gasteiger partial charge in [0, 0.05) is 29.8 Å². The largest absolute Gasteiger partial charge is 0.461 e. The molecule has 0 spiro atoms. The first kappa shape index (κ1) is 15.2. The Morgan fingerprint density at radius 2 is 2.13 bits per heavy atom. The molecular weight excluding hydrogens is 295 g/mol. The second-order valence-corrected chi connectivity index (χ2v) is 5.34. The number of hydrogen-bond acceptors (Lipinski definition) is 3. The van der Waals surface area contributed by atoms with Crippen LogP contribution in [0, 0.1) is 12.7 Å². The summed E-state index contributed by atoms with van der Waals surface area (Å²) in [5.74, 6) is -0.735. The molecule has 0 aliphatic rings. The molecule has 0 unspecified atom stereocenters. The summed E-state index contributed by atoms with van der Waals surface area (Å²) in [5.41, 5.74) is 3.30. The van der Waals surface area contributed by atoms with Gasteiger partial charge in [0.05, 0.1) is 6.61 Å². The summed E-state index contributed by atoms with van der Waals surface area (Å²) in [6.07, 6.45) is 3.50. The van der Waals surface area contributed by atoms with Crippen molar-refractivity contribution in [2.75, 3.05) is 6.61 Å². The fourth-order valence-corrected chi connectivity index (χ4v) is 2.64. The molecule has 0 aliphatic carbocycles. The average Bonchev–Trinajstić information content (AvgIpc) is 2.87. The van der Waals surface area contributed by atoms with Crippen LogP contribution in [0.2, 0.25) is 0 Å². The number of rotatable bonds is 4. The summed E-state index contributed by atoms with van der Waals surface area (Å²) in [6.45, 7) is 4.52. The first-order valence-electron chi connectivity index (χ1n) is 7.45. The number of pyridine rings is 1. The number of nitrogens with zero attached hydrogens (tertiary/aromatic N) is 2. The molecule has 1 aromatic carbocycles. The van der Waals surface area contributed by atoms with Gasteiger partial charge in [-0.3, -0.25) is 4.98 Å². The molecule has 4 nitrogen and oxygen atoms in total. The first-order chi connectivity index (χ1) is 11.1. The Hall–Kier alpha value is -2.69. The van der Waals surface area contributed by atoms with Gasteiger partial charge < -0.3 is 9.30 Å². The van der Waals surface area contributed by atoms with Crippen LogP contribution in [0.15, 0.2) is 42.7 Å². The lowest BCUT2D eigenvalue weighted by Crippen LogP contribution is -2.13. The van der Waals surface area contributed by atoms with Crippen LogP contribution in [-0.2, 0) is 11.3 Å². The van der Waals surface area contributed by atoms with Crippen LogP contribution < -0.4 is 0 Å². The zero-order chi connectivity index (χ0) is 16.4. The fourth-order valence-electron chi connectivity index (χ4n) is 2.64. The van der Waals surface area contributed by atoms with Crippen molar-refractivity contribution >= 4 is 16.9 Å². The van der Waals surface area contributed by atoms with Crippen molar-refractivity contribution in [3.05, 3.63) is 65.4 Å². The van der Waals surface area contributed by atoms with Crippen molar-refractivity contribution in [3.8, 4) is 0 Å². The standard InChI is InChI=1S/C18H17FN2O2/c1-3-23-18(22)17-9-14-8-15(19)4-5-16(14)21(17)11-13-6-7-20-10-12(13)2/h4-10H,3,11H2,1-2H3. The Bertz CT molecular complexity index is 871. The summed E-state index contributed by atoms with van der Waals surface area (Å²) in [4.78, 5) is 16.3. The maximum absolute atomic E-state index is 13.5. The summed E-state index contributed by atoms with van der Waals surface area (Å²) >= 11 is 0. The highest BCUT2D eigenvalue weighted by Crippen LogP contribution is 2.23.